The first-order valence-electron chi connectivity index (χ1n) is 15.4. The van der Waals surface area contributed by atoms with Crippen molar-refractivity contribution in [2.75, 3.05) is 27.3 Å². The highest BCUT2D eigenvalue weighted by Gasteiger charge is 2.49. The van der Waals surface area contributed by atoms with Crippen LogP contribution >= 0.6 is 8.58 Å². The molecular formula is C31H62NO3P. The molecule has 0 saturated heterocycles. The van der Waals surface area contributed by atoms with E-state index in [1.54, 1.807) is 0 Å². The Kier molecular flexibility index (Phi) is 21.4. The van der Waals surface area contributed by atoms with E-state index in [9.17, 15) is 14.7 Å². The Morgan fingerprint density at radius 3 is 1.19 bits per heavy atom. The number of quaternary nitrogens is 1. The van der Waals surface area contributed by atoms with Crippen molar-refractivity contribution in [3.8, 4) is 0 Å². The normalized spacial score (nSPS) is 13.5. The highest BCUT2D eigenvalue weighted by Crippen LogP contribution is 2.37. The van der Waals surface area contributed by atoms with Crippen LogP contribution in [0.2, 0.25) is 0 Å². The Bertz CT molecular complexity index is 525. The molecule has 0 aromatic heterocycles. The third kappa shape index (κ3) is 15.2. The summed E-state index contributed by atoms with van der Waals surface area (Å²) in [6.45, 7) is 6.53. The van der Waals surface area contributed by atoms with Gasteiger partial charge in [0.15, 0.2) is 11.6 Å². The van der Waals surface area contributed by atoms with Gasteiger partial charge in [-0.25, -0.2) is 0 Å². The molecule has 0 aliphatic carbocycles. The first-order chi connectivity index (χ1) is 17.2. The van der Waals surface area contributed by atoms with E-state index in [1.807, 2.05) is 21.1 Å². The molecule has 0 fully saturated rings. The van der Waals surface area contributed by atoms with Gasteiger partial charge in [-0.1, -0.05) is 124 Å². The maximum absolute atomic E-state index is 13.5. The van der Waals surface area contributed by atoms with Gasteiger partial charge in [0, 0.05) is 18.6 Å². The summed E-state index contributed by atoms with van der Waals surface area (Å²) in [6, 6.07) is 0. The minimum Gasteiger partial charge on any atom is -0.470 e. The minimum absolute atomic E-state index is 0.245. The number of carbonyl (C=O) groups excluding carboxylic acids is 2. The largest absolute Gasteiger partial charge is 0.470 e. The zero-order valence-electron chi connectivity index (χ0n) is 25.1. The topological polar surface area (TPSA) is 54.4 Å². The maximum atomic E-state index is 13.5. The second-order valence-corrected chi connectivity index (χ2v) is 13.2. The molecule has 36 heavy (non-hydrogen) atoms. The van der Waals surface area contributed by atoms with Gasteiger partial charge in [-0.3, -0.25) is 9.59 Å². The van der Waals surface area contributed by atoms with E-state index < -0.39 is 11.4 Å². The van der Waals surface area contributed by atoms with Crippen molar-refractivity contribution < 1.29 is 19.2 Å². The van der Waals surface area contributed by atoms with Crippen molar-refractivity contribution in [1.29, 1.82) is 0 Å². The summed E-state index contributed by atoms with van der Waals surface area (Å²) in [5.74, 6) is -0.907. The van der Waals surface area contributed by atoms with E-state index >= 15 is 0 Å². The van der Waals surface area contributed by atoms with Crippen molar-refractivity contribution in [2.45, 2.75) is 161 Å². The predicted octanol–water partition coefficient (Wildman–Crippen LogP) is 8.70. The molecule has 0 amide bonds. The first kappa shape index (κ1) is 35.7. The second kappa shape index (κ2) is 21.6. The minimum atomic E-state index is -1.86. The fourth-order valence-corrected chi connectivity index (χ4v) is 6.52. The molecule has 0 bridgehead atoms. The van der Waals surface area contributed by atoms with Gasteiger partial charge in [0.05, 0.1) is 21.1 Å². The molecule has 0 aromatic carbocycles. The van der Waals surface area contributed by atoms with Gasteiger partial charge in [-0.15, -0.1) is 0 Å². The number of Topliss-reactive ketones (excluding diaryl/α,β-unsaturated/α-hetero) is 2. The summed E-state index contributed by atoms with van der Waals surface area (Å²) in [6.07, 6.45) is 22.7. The number of hydrogen-bond donors (Lipinski definition) is 1. The number of ketones is 2. The number of aliphatic hydroxyl groups is 1. The molecule has 0 rings (SSSR count). The van der Waals surface area contributed by atoms with Crippen LogP contribution in [-0.4, -0.2) is 59.8 Å². The lowest BCUT2D eigenvalue weighted by molar-refractivity contribution is -0.885. The molecule has 0 aliphatic rings. The fourth-order valence-electron chi connectivity index (χ4n) is 5.13. The van der Waals surface area contributed by atoms with Crippen LogP contribution in [-0.2, 0) is 9.59 Å². The molecule has 1 N–H and O–H groups in total. The van der Waals surface area contributed by atoms with Crippen LogP contribution in [0, 0.1) is 0 Å². The third-order valence-electron chi connectivity index (χ3n) is 7.33. The van der Waals surface area contributed by atoms with Gasteiger partial charge in [0.1, 0.15) is 0 Å². The monoisotopic (exact) mass is 527 g/mol. The SMILES string of the molecule is CCCCCCCCCCCC(=O)C(O)(C(=O)CCCCCCCCCCC)C([P-]CC)[N+](C)(C)C. The number of likely N-dealkylation sites (N-methyl/N-ethyl adjacent to an activating group) is 1. The lowest BCUT2D eigenvalue weighted by Crippen LogP contribution is -2.64. The number of unbranched alkanes of at least 4 members (excludes halogenated alkanes) is 16. The summed E-state index contributed by atoms with van der Waals surface area (Å²) < 4.78 is 0.416. The smallest absolute Gasteiger partial charge is 0.204 e. The van der Waals surface area contributed by atoms with Gasteiger partial charge in [0.2, 0.25) is 5.60 Å². The van der Waals surface area contributed by atoms with Gasteiger partial charge in [-0.2, -0.15) is 6.16 Å². The average Bonchev–Trinajstić information content (AvgIpc) is 2.83. The van der Waals surface area contributed by atoms with Gasteiger partial charge in [-0.05, 0) is 12.8 Å². The fraction of sp³-hybridized carbons (Fsp3) is 0.935. The zero-order chi connectivity index (χ0) is 27.3. The van der Waals surface area contributed by atoms with Gasteiger partial charge < -0.3 is 18.2 Å². The zero-order valence-corrected chi connectivity index (χ0v) is 26.0. The Balaban J connectivity index is 4.82. The van der Waals surface area contributed by atoms with Crippen molar-refractivity contribution in [1.82, 2.24) is 0 Å². The average molecular weight is 528 g/mol. The molecule has 0 spiro atoms. The van der Waals surface area contributed by atoms with E-state index in [2.05, 4.69) is 20.8 Å². The van der Waals surface area contributed by atoms with E-state index in [1.165, 1.54) is 77.0 Å². The number of hydrogen-bond acceptors (Lipinski definition) is 3. The summed E-state index contributed by atoms with van der Waals surface area (Å²) in [4.78, 5) is 26.9. The Labute approximate surface area is 227 Å². The number of carbonyl (C=O) groups is 2. The standard InChI is InChI=1S/C31H62NO3P/c1-7-10-12-14-16-18-20-22-24-26-28(33)31(35,30(36-9-3)32(4,5)6)29(34)27-25-23-21-19-17-15-13-11-8-2/h30,35H,7-27H2,1-6H3. The third-order valence-corrected chi connectivity index (χ3v) is 9.11. The highest BCUT2D eigenvalue weighted by atomic mass is 31.1. The van der Waals surface area contributed by atoms with Crippen molar-refractivity contribution in [3.05, 3.63) is 0 Å². The van der Waals surface area contributed by atoms with Crippen molar-refractivity contribution in [2.24, 2.45) is 0 Å². The van der Waals surface area contributed by atoms with Crippen LogP contribution < -0.4 is 0 Å². The molecule has 214 valence electrons. The van der Waals surface area contributed by atoms with E-state index in [0.717, 1.165) is 53.3 Å². The Hall–Kier alpha value is -0.310. The molecule has 1 atom stereocenters. The van der Waals surface area contributed by atoms with Crippen LogP contribution in [0.4, 0.5) is 0 Å². The molecule has 0 aromatic rings. The Morgan fingerprint density at radius 1 is 0.611 bits per heavy atom. The highest BCUT2D eigenvalue weighted by molar-refractivity contribution is 7.38. The van der Waals surface area contributed by atoms with Crippen LogP contribution in [0.1, 0.15) is 149 Å². The van der Waals surface area contributed by atoms with E-state index in [4.69, 9.17) is 0 Å². The van der Waals surface area contributed by atoms with Crippen molar-refractivity contribution >= 4 is 20.1 Å². The quantitative estimate of drug-likeness (QED) is 0.0530. The van der Waals surface area contributed by atoms with Gasteiger partial charge in [0.25, 0.3) is 0 Å². The summed E-state index contributed by atoms with van der Waals surface area (Å²) in [5, 5.41) is 11.8. The van der Waals surface area contributed by atoms with E-state index in [-0.39, 0.29) is 11.6 Å². The second-order valence-electron chi connectivity index (χ2n) is 11.8. The predicted molar refractivity (Wildman–Crippen MR) is 158 cm³/mol. The van der Waals surface area contributed by atoms with Crippen LogP contribution in [0.15, 0.2) is 0 Å². The van der Waals surface area contributed by atoms with Crippen molar-refractivity contribution in [3.63, 3.8) is 0 Å². The Morgan fingerprint density at radius 2 is 0.917 bits per heavy atom. The van der Waals surface area contributed by atoms with Gasteiger partial charge >= 0.3 is 0 Å². The number of rotatable bonds is 26. The molecular weight excluding hydrogens is 465 g/mol. The first-order valence-corrected chi connectivity index (χ1v) is 16.6. The molecule has 0 saturated carbocycles. The summed E-state index contributed by atoms with van der Waals surface area (Å²) in [5.41, 5.74) is -1.86. The maximum Gasteiger partial charge on any atom is 0.204 e. The molecule has 0 radical (unpaired) electrons. The number of nitrogens with zero attached hydrogens (tertiary/aromatic N) is 1. The summed E-state index contributed by atoms with van der Waals surface area (Å²) >= 11 is 0. The lowest BCUT2D eigenvalue weighted by Gasteiger charge is -2.50. The van der Waals surface area contributed by atoms with Crippen LogP contribution in [0.5, 0.6) is 0 Å². The molecule has 4 nitrogen and oxygen atoms in total. The van der Waals surface area contributed by atoms with Crippen LogP contribution in [0.3, 0.4) is 0 Å². The summed E-state index contributed by atoms with van der Waals surface area (Å²) in [7, 11) is 6.95. The molecule has 1 unspecified atom stereocenters. The molecule has 0 heterocycles. The lowest BCUT2D eigenvalue weighted by atomic mass is 9.85. The van der Waals surface area contributed by atoms with E-state index in [0.29, 0.717) is 17.3 Å². The van der Waals surface area contributed by atoms with Crippen LogP contribution in [0.25, 0.3) is 0 Å². The molecule has 5 heteroatoms. The molecule has 0 aliphatic heterocycles.